The molecule has 0 aliphatic heterocycles. The van der Waals surface area contributed by atoms with Gasteiger partial charge in [0.2, 0.25) is 5.88 Å². The van der Waals surface area contributed by atoms with Crippen molar-refractivity contribution >= 4 is 28.8 Å². The number of hydrogen-bond donors (Lipinski definition) is 0. The normalized spacial score (nSPS) is 11.1. The molecule has 3 heterocycles. The standard InChI is InChI=1S/C25H19Cl2N5O/c26-20-9-5-18(6-10-20)22-23(19-7-11-21(27)12-8-19)25(31-32-16-29-30-24(22)32)33-14-2-4-17-3-1-13-28-15-17/h1,3,5-13,15-16H,2,4,14H2. The molecule has 0 atom stereocenters. The van der Waals surface area contributed by atoms with Gasteiger partial charge in [0.15, 0.2) is 5.65 Å². The maximum atomic E-state index is 6.24. The molecule has 5 aromatic rings. The summed E-state index contributed by atoms with van der Waals surface area (Å²) >= 11 is 12.3. The fourth-order valence-corrected chi connectivity index (χ4v) is 3.95. The summed E-state index contributed by atoms with van der Waals surface area (Å²) in [6, 6.07) is 19.2. The number of hydrogen-bond acceptors (Lipinski definition) is 5. The first-order valence-corrected chi connectivity index (χ1v) is 11.2. The third-order valence-corrected chi connectivity index (χ3v) is 5.76. The number of rotatable bonds is 7. The Labute approximate surface area is 200 Å². The Morgan fingerprint density at radius 1 is 0.848 bits per heavy atom. The Hall–Kier alpha value is -3.48. The number of nitrogens with zero attached hydrogens (tertiary/aromatic N) is 5. The van der Waals surface area contributed by atoms with Gasteiger partial charge in [0.25, 0.3) is 0 Å². The van der Waals surface area contributed by atoms with Gasteiger partial charge >= 0.3 is 0 Å². The molecule has 0 bridgehead atoms. The fraction of sp³-hybridized carbons (Fsp3) is 0.120. The summed E-state index contributed by atoms with van der Waals surface area (Å²) in [4.78, 5) is 4.17. The third kappa shape index (κ3) is 4.67. The summed E-state index contributed by atoms with van der Waals surface area (Å²) in [5.74, 6) is 0.501. The van der Waals surface area contributed by atoms with E-state index in [9.17, 15) is 0 Å². The minimum absolute atomic E-state index is 0.496. The van der Waals surface area contributed by atoms with Crippen LogP contribution in [0.4, 0.5) is 0 Å². The third-order valence-electron chi connectivity index (χ3n) is 5.25. The van der Waals surface area contributed by atoms with Crippen molar-refractivity contribution in [2.24, 2.45) is 0 Å². The van der Waals surface area contributed by atoms with E-state index in [1.54, 1.807) is 17.0 Å². The van der Waals surface area contributed by atoms with Crippen LogP contribution in [0.25, 0.3) is 27.9 Å². The molecule has 0 spiro atoms. The number of fused-ring (bicyclic) bond motifs is 1. The fourth-order valence-electron chi connectivity index (χ4n) is 3.70. The molecule has 0 aliphatic rings. The van der Waals surface area contributed by atoms with Crippen molar-refractivity contribution in [3.8, 4) is 28.1 Å². The van der Waals surface area contributed by atoms with Gasteiger partial charge in [-0.2, -0.15) is 4.52 Å². The van der Waals surface area contributed by atoms with E-state index in [0.29, 0.717) is 28.2 Å². The lowest BCUT2D eigenvalue weighted by molar-refractivity contribution is 0.296. The van der Waals surface area contributed by atoms with Crippen LogP contribution in [0.2, 0.25) is 10.0 Å². The highest BCUT2D eigenvalue weighted by atomic mass is 35.5. The number of benzene rings is 2. The molecule has 0 amide bonds. The van der Waals surface area contributed by atoms with E-state index in [-0.39, 0.29) is 0 Å². The van der Waals surface area contributed by atoms with Crippen LogP contribution in [0.1, 0.15) is 12.0 Å². The van der Waals surface area contributed by atoms with Gasteiger partial charge in [0.05, 0.1) is 12.2 Å². The highest BCUT2D eigenvalue weighted by Crippen LogP contribution is 2.40. The van der Waals surface area contributed by atoms with Crippen molar-refractivity contribution in [1.82, 2.24) is 24.8 Å². The Bertz CT molecular complexity index is 1370. The number of ether oxygens (including phenoxy) is 1. The predicted octanol–water partition coefficient (Wildman–Crippen LogP) is 6.17. The number of aromatic nitrogens is 5. The molecule has 0 fully saturated rings. The molecule has 0 aliphatic carbocycles. The molecule has 2 aromatic carbocycles. The highest BCUT2D eigenvalue weighted by Gasteiger charge is 2.21. The van der Waals surface area contributed by atoms with Crippen molar-refractivity contribution in [3.63, 3.8) is 0 Å². The minimum Gasteiger partial charge on any atom is -0.476 e. The van der Waals surface area contributed by atoms with E-state index in [1.165, 1.54) is 5.56 Å². The molecule has 0 N–H and O–H groups in total. The summed E-state index contributed by atoms with van der Waals surface area (Å²) in [7, 11) is 0. The predicted molar refractivity (Wildman–Crippen MR) is 130 cm³/mol. The Morgan fingerprint density at radius 2 is 1.55 bits per heavy atom. The zero-order valence-corrected chi connectivity index (χ0v) is 19.0. The Kier molecular flexibility index (Phi) is 6.19. The van der Waals surface area contributed by atoms with E-state index in [2.05, 4.69) is 26.3 Å². The van der Waals surface area contributed by atoms with Gasteiger partial charge in [0.1, 0.15) is 6.33 Å². The van der Waals surface area contributed by atoms with Crippen molar-refractivity contribution in [3.05, 3.63) is 95.0 Å². The number of pyridine rings is 1. The molecule has 8 heteroatoms. The summed E-state index contributed by atoms with van der Waals surface area (Å²) < 4.78 is 7.88. The molecule has 33 heavy (non-hydrogen) atoms. The van der Waals surface area contributed by atoms with Crippen LogP contribution in [0.15, 0.2) is 79.4 Å². The maximum Gasteiger partial charge on any atom is 0.240 e. The smallest absolute Gasteiger partial charge is 0.240 e. The summed E-state index contributed by atoms with van der Waals surface area (Å²) in [5, 5.41) is 14.4. The average Bonchev–Trinajstić information content (AvgIpc) is 3.31. The first kappa shape index (κ1) is 21.4. The van der Waals surface area contributed by atoms with Crippen LogP contribution < -0.4 is 4.74 Å². The van der Waals surface area contributed by atoms with Crippen molar-refractivity contribution in [2.75, 3.05) is 6.61 Å². The second kappa shape index (κ2) is 9.57. The van der Waals surface area contributed by atoms with Gasteiger partial charge < -0.3 is 4.74 Å². The molecule has 3 aromatic heterocycles. The van der Waals surface area contributed by atoms with Gasteiger partial charge in [-0.1, -0.05) is 53.5 Å². The molecule has 164 valence electrons. The zero-order valence-electron chi connectivity index (χ0n) is 17.5. The van der Waals surface area contributed by atoms with Crippen LogP contribution in [-0.2, 0) is 6.42 Å². The molecule has 0 radical (unpaired) electrons. The maximum absolute atomic E-state index is 6.24. The van der Waals surface area contributed by atoms with Gasteiger partial charge in [-0.15, -0.1) is 15.3 Å². The molecule has 0 unspecified atom stereocenters. The van der Waals surface area contributed by atoms with Gasteiger partial charge in [-0.25, -0.2) is 0 Å². The molecular weight excluding hydrogens is 457 g/mol. The molecular formula is C25H19Cl2N5O. The van der Waals surface area contributed by atoms with E-state index >= 15 is 0 Å². The van der Waals surface area contributed by atoms with Crippen LogP contribution >= 0.6 is 23.2 Å². The van der Waals surface area contributed by atoms with E-state index in [0.717, 1.165) is 35.1 Å². The van der Waals surface area contributed by atoms with Gasteiger partial charge in [-0.05, 0) is 59.9 Å². The van der Waals surface area contributed by atoms with Crippen LogP contribution in [0.5, 0.6) is 5.88 Å². The molecule has 6 nitrogen and oxygen atoms in total. The van der Waals surface area contributed by atoms with Crippen molar-refractivity contribution in [1.29, 1.82) is 0 Å². The Morgan fingerprint density at radius 3 is 2.21 bits per heavy atom. The second-order valence-electron chi connectivity index (χ2n) is 7.48. The zero-order chi connectivity index (χ0) is 22.6. The Balaban J connectivity index is 1.57. The number of aryl methyl sites for hydroxylation is 1. The van der Waals surface area contributed by atoms with Gasteiger partial charge in [-0.3, -0.25) is 4.98 Å². The molecule has 0 saturated heterocycles. The minimum atomic E-state index is 0.496. The second-order valence-corrected chi connectivity index (χ2v) is 8.35. The van der Waals surface area contributed by atoms with Gasteiger partial charge in [0, 0.05) is 28.0 Å². The lowest BCUT2D eigenvalue weighted by atomic mass is 9.96. The monoisotopic (exact) mass is 475 g/mol. The quantitative estimate of drug-likeness (QED) is 0.263. The number of halogens is 2. The van der Waals surface area contributed by atoms with E-state index < -0.39 is 0 Å². The van der Waals surface area contributed by atoms with E-state index in [1.807, 2.05) is 60.8 Å². The molecule has 5 rings (SSSR count). The van der Waals surface area contributed by atoms with E-state index in [4.69, 9.17) is 27.9 Å². The van der Waals surface area contributed by atoms with Crippen LogP contribution in [-0.4, -0.2) is 31.4 Å². The largest absolute Gasteiger partial charge is 0.476 e. The van der Waals surface area contributed by atoms with Crippen LogP contribution in [0.3, 0.4) is 0 Å². The lowest BCUT2D eigenvalue weighted by Crippen LogP contribution is -2.07. The van der Waals surface area contributed by atoms with Crippen molar-refractivity contribution < 1.29 is 4.74 Å². The summed E-state index contributed by atoms with van der Waals surface area (Å²) in [6.45, 7) is 0.496. The first-order chi connectivity index (χ1) is 16.2. The topological polar surface area (TPSA) is 65.2 Å². The lowest BCUT2D eigenvalue weighted by Gasteiger charge is -2.16. The molecule has 0 saturated carbocycles. The summed E-state index contributed by atoms with van der Waals surface area (Å²) in [5.41, 5.74) is 5.35. The average molecular weight is 476 g/mol. The van der Waals surface area contributed by atoms with Crippen LogP contribution in [0, 0.1) is 0 Å². The SMILES string of the molecule is Clc1ccc(-c2c(OCCCc3cccnc3)nn3cnnc3c2-c2ccc(Cl)cc2)cc1. The van der Waals surface area contributed by atoms with Crippen molar-refractivity contribution in [2.45, 2.75) is 12.8 Å². The highest BCUT2D eigenvalue weighted by molar-refractivity contribution is 6.31. The first-order valence-electron chi connectivity index (χ1n) is 10.5. The summed E-state index contributed by atoms with van der Waals surface area (Å²) in [6.07, 6.45) is 6.91.